The number of nitrogens with zero attached hydrogens (tertiary/aromatic N) is 1. The van der Waals surface area contributed by atoms with E-state index in [1.165, 1.54) is 6.07 Å². The van der Waals surface area contributed by atoms with E-state index in [4.69, 9.17) is 21.1 Å². The molecule has 6 nitrogen and oxygen atoms in total. The number of rotatable bonds is 4. The predicted molar refractivity (Wildman–Crippen MR) is 86.9 cm³/mol. The Morgan fingerprint density at radius 3 is 2.83 bits per heavy atom. The number of fused-ring (bicyclic) bond motifs is 1. The van der Waals surface area contributed by atoms with Crippen molar-refractivity contribution < 1.29 is 19.2 Å². The van der Waals surface area contributed by atoms with Gasteiger partial charge in [0.15, 0.2) is 0 Å². The van der Waals surface area contributed by atoms with E-state index in [2.05, 4.69) is 0 Å². The van der Waals surface area contributed by atoms with Crippen LogP contribution in [0.4, 0.5) is 0 Å². The molecular formula is C17H14ClNO5. The molecule has 0 fully saturated rings. The molecule has 1 aliphatic heterocycles. The van der Waals surface area contributed by atoms with Crippen LogP contribution in [-0.4, -0.2) is 23.7 Å². The van der Waals surface area contributed by atoms with E-state index in [1.807, 2.05) is 0 Å². The summed E-state index contributed by atoms with van der Waals surface area (Å²) in [5.74, 6) is -0.455. The van der Waals surface area contributed by atoms with Gasteiger partial charge in [-0.2, -0.15) is 0 Å². The summed E-state index contributed by atoms with van der Waals surface area (Å²) in [5, 5.41) is 11.3. The molecule has 0 amide bonds. The molecule has 0 aliphatic carbocycles. The number of para-hydroxylation sites is 1. The molecule has 2 aromatic carbocycles. The fourth-order valence-electron chi connectivity index (χ4n) is 2.70. The fraction of sp³-hybridized carbons (Fsp3) is 0.235. The van der Waals surface area contributed by atoms with Crippen LogP contribution in [0.1, 0.15) is 28.3 Å². The minimum Gasteiger partial charge on any atom is -0.454 e. The van der Waals surface area contributed by atoms with E-state index in [0.717, 1.165) is 5.56 Å². The van der Waals surface area contributed by atoms with Gasteiger partial charge in [-0.1, -0.05) is 35.9 Å². The third-order valence-corrected chi connectivity index (χ3v) is 4.00. The van der Waals surface area contributed by atoms with Crippen molar-refractivity contribution in [3.63, 3.8) is 0 Å². The lowest BCUT2D eigenvalue weighted by Crippen LogP contribution is -2.32. The zero-order chi connectivity index (χ0) is 17.1. The lowest BCUT2D eigenvalue weighted by Gasteiger charge is -2.29. The van der Waals surface area contributed by atoms with Crippen molar-refractivity contribution in [3.8, 4) is 5.75 Å². The van der Waals surface area contributed by atoms with Gasteiger partial charge in [0.05, 0.1) is 11.5 Å². The molecule has 24 heavy (non-hydrogen) atoms. The van der Waals surface area contributed by atoms with Gasteiger partial charge in [-0.3, -0.25) is 10.1 Å². The Hall–Kier alpha value is -2.60. The molecule has 0 saturated carbocycles. The highest BCUT2D eigenvalue weighted by molar-refractivity contribution is 6.30. The molecule has 124 valence electrons. The van der Waals surface area contributed by atoms with Crippen LogP contribution in [0.5, 0.6) is 5.75 Å². The van der Waals surface area contributed by atoms with E-state index in [0.29, 0.717) is 16.3 Å². The Morgan fingerprint density at radius 2 is 2.08 bits per heavy atom. The standard InChI is InChI=1S/C17H14ClNO5/c18-13-5-3-4-11(8-13)17(20)24-16-9-12(10-19(21)22)14-6-1-2-7-15(14)23-16/h1-8,12,16H,9-10H2/t12-,16-/m1/s1. The molecule has 2 atom stereocenters. The number of ether oxygens (including phenoxy) is 2. The average molecular weight is 348 g/mol. The van der Waals surface area contributed by atoms with Crippen molar-refractivity contribution in [2.45, 2.75) is 18.6 Å². The number of hydrogen-bond acceptors (Lipinski definition) is 5. The summed E-state index contributed by atoms with van der Waals surface area (Å²) in [6.07, 6.45) is -0.652. The number of halogens is 1. The molecule has 3 rings (SSSR count). The van der Waals surface area contributed by atoms with Gasteiger partial charge in [-0.05, 0) is 24.3 Å². The van der Waals surface area contributed by atoms with Crippen LogP contribution in [0, 0.1) is 10.1 Å². The quantitative estimate of drug-likeness (QED) is 0.479. The van der Waals surface area contributed by atoms with Crippen molar-refractivity contribution in [1.29, 1.82) is 0 Å². The van der Waals surface area contributed by atoms with E-state index >= 15 is 0 Å². The molecule has 0 aromatic heterocycles. The number of esters is 1. The second kappa shape index (κ2) is 6.88. The Balaban J connectivity index is 1.78. The smallest absolute Gasteiger partial charge is 0.341 e. The summed E-state index contributed by atoms with van der Waals surface area (Å²) in [7, 11) is 0. The van der Waals surface area contributed by atoms with Gasteiger partial charge < -0.3 is 9.47 Å². The Morgan fingerprint density at radius 1 is 1.29 bits per heavy atom. The maximum atomic E-state index is 12.2. The van der Waals surface area contributed by atoms with Crippen LogP contribution in [0.2, 0.25) is 5.02 Å². The van der Waals surface area contributed by atoms with Crippen LogP contribution in [0.25, 0.3) is 0 Å². The summed E-state index contributed by atoms with van der Waals surface area (Å²) in [6, 6.07) is 13.4. The summed E-state index contributed by atoms with van der Waals surface area (Å²) < 4.78 is 11.0. The molecule has 0 unspecified atom stereocenters. The molecule has 0 spiro atoms. The molecule has 0 saturated heterocycles. The van der Waals surface area contributed by atoms with E-state index in [9.17, 15) is 14.9 Å². The molecule has 2 aromatic rings. The average Bonchev–Trinajstić information content (AvgIpc) is 2.54. The highest BCUT2D eigenvalue weighted by Crippen LogP contribution is 2.36. The maximum Gasteiger partial charge on any atom is 0.341 e. The Kier molecular flexibility index (Phi) is 4.66. The van der Waals surface area contributed by atoms with Gasteiger partial charge in [-0.25, -0.2) is 4.79 Å². The number of carbonyl (C=O) groups is 1. The second-order valence-electron chi connectivity index (χ2n) is 5.45. The van der Waals surface area contributed by atoms with Crippen molar-refractivity contribution in [3.05, 3.63) is 74.8 Å². The lowest BCUT2D eigenvalue weighted by atomic mass is 9.92. The zero-order valence-corrected chi connectivity index (χ0v) is 13.3. The molecule has 1 aliphatic rings. The van der Waals surface area contributed by atoms with Crippen molar-refractivity contribution >= 4 is 17.6 Å². The monoisotopic (exact) mass is 347 g/mol. The minimum absolute atomic E-state index is 0.226. The highest BCUT2D eigenvalue weighted by Gasteiger charge is 2.33. The first kappa shape index (κ1) is 16.3. The van der Waals surface area contributed by atoms with Gasteiger partial charge in [0, 0.05) is 21.9 Å². The summed E-state index contributed by atoms with van der Waals surface area (Å²) in [6.45, 7) is -0.244. The molecule has 0 N–H and O–H groups in total. The number of carbonyl (C=O) groups excluding carboxylic acids is 1. The van der Waals surface area contributed by atoms with Crippen molar-refractivity contribution in [1.82, 2.24) is 0 Å². The molecule has 7 heteroatoms. The van der Waals surface area contributed by atoms with Crippen LogP contribution in [0.15, 0.2) is 48.5 Å². The largest absolute Gasteiger partial charge is 0.454 e. The first-order valence-corrected chi connectivity index (χ1v) is 7.74. The SMILES string of the molecule is O=C(O[C@@H]1C[C@H](C[N+](=O)[O-])c2ccccc2O1)c1cccc(Cl)c1. The highest BCUT2D eigenvalue weighted by atomic mass is 35.5. The third kappa shape index (κ3) is 3.65. The van der Waals surface area contributed by atoms with E-state index < -0.39 is 12.3 Å². The first-order valence-electron chi connectivity index (χ1n) is 7.37. The molecular weight excluding hydrogens is 334 g/mol. The van der Waals surface area contributed by atoms with Gasteiger partial charge in [0.1, 0.15) is 5.75 Å². The Bertz CT molecular complexity index is 779. The van der Waals surface area contributed by atoms with Crippen LogP contribution in [0.3, 0.4) is 0 Å². The zero-order valence-electron chi connectivity index (χ0n) is 12.6. The molecule has 0 bridgehead atoms. The topological polar surface area (TPSA) is 78.7 Å². The van der Waals surface area contributed by atoms with Crippen molar-refractivity contribution in [2.75, 3.05) is 6.54 Å². The number of hydrogen-bond donors (Lipinski definition) is 0. The summed E-state index contributed by atoms with van der Waals surface area (Å²) in [5.41, 5.74) is 1.06. The van der Waals surface area contributed by atoms with Gasteiger partial charge in [-0.15, -0.1) is 0 Å². The predicted octanol–water partition coefficient (Wildman–Crippen LogP) is 3.67. The lowest BCUT2D eigenvalue weighted by molar-refractivity contribution is -0.484. The first-order chi connectivity index (χ1) is 11.5. The summed E-state index contributed by atoms with van der Waals surface area (Å²) >= 11 is 5.87. The minimum atomic E-state index is -0.878. The van der Waals surface area contributed by atoms with Crippen molar-refractivity contribution in [2.24, 2.45) is 0 Å². The fourth-order valence-corrected chi connectivity index (χ4v) is 2.89. The van der Waals surface area contributed by atoms with E-state index in [1.54, 1.807) is 42.5 Å². The van der Waals surface area contributed by atoms with Crippen LogP contribution < -0.4 is 4.74 Å². The van der Waals surface area contributed by atoms with Gasteiger partial charge >= 0.3 is 5.97 Å². The van der Waals surface area contributed by atoms with E-state index in [-0.39, 0.29) is 23.8 Å². The normalized spacial score (nSPS) is 19.0. The molecule has 0 radical (unpaired) electrons. The second-order valence-corrected chi connectivity index (χ2v) is 5.89. The van der Waals surface area contributed by atoms with Gasteiger partial charge in [0.2, 0.25) is 12.8 Å². The van der Waals surface area contributed by atoms with Gasteiger partial charge in [0.25, 0.3) is 0 Å². The Labute approximate surface area is 143 Å². The van der Waals surface area contributed by atoms with Crippen LogP contribution in [-0.2, 0) is 4.74 Å². The third-order valence-electron chi connectivity index (χ3n) is 3.76. The molecule has 1 heterocycles. The summed E-state index contributed by atoms with van der Waals surface area (Å²) in [4.78, 5) is 22.7. The number of benzene rings is 2. The maximum absolute atomic E-state index is 12.2. The number of nitro groups is 1. The van der Waals surface area contributed by atoms with Crippen LogP contribution >= 0.6 is 11.6 Å².